The Labute approximate surface area is 201 Å². The molecular formula is C26H32N6O2. The second-order valence-electron chi connectivity index (χ2n) is 9.21. The maximum absolute atomic E-state index is 14.0. The highest BCUT2D eigenvalue weighted by Crippen LogP contribution is 2.32. The number of carbonyl (C=O) groups is 2. The smallest absolute Gasteiger partial charge is 0.249 e. The van der Waals surface area contributed by atoms with Crippen LogP contribution in [0.15, 0.2) is 30.3 Å². The molecule has 1 aromatic carbocycles. The Kier molecular flexibility index (Phi) is 6.85. The normalized spacial score (nSPS) is 21.9. The van der Waals surface area contributed by atoms with Crippen molar-refractivity contribution >= 4 is 23.3 Å². The van der Waals surface area contributed by atoms with Crippen LogP contribution in [0, 0.1) is 32.1 Å². The molecular weight excluding hydrogens is 428 g/mol. The molecule has 2 amide bonds. The predicted molar refractivity (Wildman–Crippen MR) is 132 cm³/mol. The van der Waals surface area contributed by atoms with E-state index >= 15 is 0 Å². The number of anilines is 2. The van der Waals surface area contributed by atoms with Crippen molar-refractivity contribution in [2.75, 3.05) is 29.4 Å². The topological polar surface area (TPSA) is 101 Å². The first kappa shape index (κ1) is 23.7. The number of benzene rings is 1. The van der Waals surface area contributed by atoms with Gasteiger partial charge in [-0.3, -0.25) is 9.59 Å². The molecule has 3 atom stereocenters. The standard InChI is InChI=1S/C26H32N6O2/c1-5-31(20-8-6-7-16(2)11-20)26(34)23-13-19(30-22-9-10-28-25(22)33)15-32(23)24-21(14-27)17(3)12-18(4)29-24/h6-8,11-12,19,22-23,30H,5,9-10,13,15H2,1-4H3,(H,28,33)/t19-,22?,23-/m1/s1. The van der Waals surface area contributed by atoms with E-state index in [9.17, 15) is 14.9 Å². The van der Waals surface area contributed by atoms with Gasteiger partial charge in [0.15, 0.2) is 0 Å². The van der Waals surface area contributed by atoms with E-state index in [0.29, 0.717) is 37.4 Å². The summed E-state index contributed by atoms with van der Waals surface area (Å²) in [4.78, 5) is 34.6. The summed E-state index contributed by atoms with van der Waals surface area (Å²) in [5.74, 6) is 0.510. The maximum atomic E-state index is 14.0. The second kappa shape index (κ2) is 9.82. The first-order chi connectivity index (χ1) is 16.3. The number of rotatable bonds is 6. The summed E-state index contributed by atoms with van der Waals surface area (Å²) in [6, 6.07) is 11.3. The lowest BCUT2D eigenvalue weighted by molar-refractivity contribution is -0.121. The molecule has 0 bridgehead atoms. The van der Waals surface area contributed by atoms with Gasteiger partial charge in [-0.25, -0.2) is 4.98 Å². The number of aryl methyl sites for hydroxylation is 3. The summed E-state index contributed by atoms with van der Waals surface area (Å²) in [5, 5.41) is 16.2. The first-order valence-corrected chi connectivity index (χ1v) is 11.9. The van der Waals surface area contributed by atoms with Gasteiger partial charge in [0.25, 0.3) is 0 Å². The number of aromatic nitrogens is 1. The minimum Gasteiger partial charge on any atom is -0.355 e. The second-order valence-corrected chi connectivity index (χ2v) is 9.21. The molecule has 2 aliphatic heterocycles. The van der Waals surface area contributed by atoms with Crippen molar-refractivity contribution in [1.82, 2.24) is 15.6 Å². The van der Waals surface area contributed by atoms with Gasteiger partial charge < -0.3 is 20.4 Å². The first-order valence-electron chi connectivity index (χ1n) is 11.9. The van der Waals surface area contributed by atoms with E-state index in [2.05, 4.69) is 16.7 Å². The largest absolute Gasteiger partial charge is 0.355 e. The van der Waals surface area contributed by atoms with Crippen LogP contribution in [0.3, 0.4) is 0 Å². The van der Waals surface area contributed by atoms with Crippen LogP contribution in [0.4, 0.5) is 11.5 Å². The van der Waals surface area contributed by atoms with Gasteiger partial charge >= 0.3 is 0 Å². The van der Waals surface area contributed by atoms with Gasteiger partial charge in [0.2, 0.25) is 11.8 Å². The SMILES string of the molecule is CCN(C(=O)[C@H]1C[C@@H](NC2CCNC2=O)CN1c1nc(C)cc(C)c1C#N)c1cccc(C)c1. The van der Waals surface area contributed by atoms with Gasteiger partial charge in [-0.2, -0.15) is 5.26 Å². The summed E-state index contributed by atoms with van der Waals surface area (Å²) >= 11 is 0. The lowest BCUT2D eigenvalue weighted by Crippen LogP contribution is -2.46. The monoisotopic (exact) mass is 460 g/mol. The lowest BCUT2D eigenvalue weighted by Gasteiger charge is -2.31. The Balaban J connectivity index is 1.70. The number of carbonyl (C=O) groups excluding carboxylic acids is 2. The Bertz CT molecular complexity index is 1140. The van der Waals surface area contributed by atoms with Crippen molar-refractivity contribution in [3.63, 3.8) is 0 Å². The summed E-state index contributed by atoms with van der Waals surface area (Å²) in [5.41, 5.74) is 4.07. The highest BCUT2D eigenvalue weighted by atomic mass is 16.2. The third-order valence-electron chi connectivity index (χ3n) is 6.68. The average molecular weight is 461 g/mol. The van der Waals surface area contributed by atoms with E-state index in [0.717, 1.165) is 28.9 Å². The molecule has 3 heterocycles. The fourth-order valence-electron chi connectivity index (χ4n) is 5.07. The van der Waals surface area contributed by atoms with Crippen LogP contribution in [0.5, 0.6) is 0 Å². The zero-order chi connectivity index (χ0) is 24.4. The van der Waals surface area contributed by atoms with Gasteiger partial charge in [-0.1, -0.05) is 12.1 Å². The highest BCUT2D eigenvalue weighted by Gasteiger charge is 2.42. The van der Waals surface area contributed by atoms with Crippen molar-refractivity contribution in [2.45, 2.75) is 58.7 Å². The zero-order valence-corrected chi connectivity index (χ0v) is 20.3. The Hall–Kier alpha value is -3.44. The van der Waals surface area contributed by atoms with Crippen LogP contribution in [0.2, 0.25) is 0 Å². The molecule has 34 heavy (non-hydrogen) atoms. The Morgan fingerprint density at radius 1 is 1.32 bits per heavy atom. The number of hydrogen-bond donors (Lipinski definition) is 2. The fraction of sp³-hybridized carbons (Fsp3) is 0.462. The molecule has 0 saturated carbocycles. The van der Waals surface area contributed by atoms with E-state index in [1.54, 1.807) is 4.90 Å². The number of nitriles is 1. The third-order valence-corrected chi connectivity index (χ3v) is 6.68. The highest BCUT2D eigenvalue weighted by molar-refractivity contribution is 5.99. The van der Waals surface area contributed by atoms with Crippen LogP contribution in [-0.4, -0.2) is 54.6 Å². The molecule has 2 aliphatic rings. The zero-order valence-electron chi connectivity index (χ0n) is 20.3. The van der Waals surface area contributed by atoms with Crippen LogP contribution in [0.25, 0.3) is 0 Å². The fourth-order valence-corrected chi connectivity index (χ4v) is 5.07. The number of likely N-dealkylation sites (N-methyl/N-ethyl adjacent to an activating group) is 1. The summed E-state index contributed by atoms with van der Waals surface area (Å²) in [6.07, 6.45) is 1.26. The van der Waals surface area contributed by atoms with Crippen molar-refractivity contribution in [2.24, 2.45) is 0 Å². The van der Waals surface area contributed by atoms with Gasteiger partial charge in [0.05, 0.1) is 11.6 Å². The molecule has 8 heteroatoms. The summed E-state index contributed by atoms with van der Waals surface area (Å²) in [7, 11) is 0. The van der Waals surface area contributed by atoms with Crippen LogP contribution in [0.1, 0.15) is 42.1 Å². The van der Waals surface area contributed by atoms with Crippen LogP contribution < -0.4 is 20.4 Å². The Morgan fingerprint density at radius 3 is 2.76 bits per heavy atom. The molecule has 1 aromatic heterocycles. The van der Waals surface area contributed by atoms with Gasteiger partial charge in [-0.15, -0.1) is 0 Å². The molecule has 2 saturated heterocycles. The van der Waals surface area contributed by atoms with Crippen molar-refractivity contribution in [3.8, 4) is 6.07 Å². The number of hydrogen-bond acceptors (Lipinski definition) is 6. The van der Waals surface area contributed by atoms with Gasteiger partial charge in [0, 0.05) is 37.1 Å². The molecule has 0 radical (unpaired) electrons. The molecule has 8 nitrogen and oxygen atoms in total. The van der Waals surface area contributed by atoms with Gasteiger partial charge in [0.1, 0.15) is 17.9 Å². The minimum atomic E-state index is -0.497. The molecule has 0 spiro atoms. The predicted octanol–water partition coefficient (Wildman–Crippen LogP) is 2.36. The lowest BCUT2D eigenvalue weighted by atomic mass is 10.1. The number of pyridine rings is 1. The van der Waals surface area contributed by atoms with Gasteiger partial charge in [-0.05, 0) is 69.9 Å². The molecule has 2 N–H and O–H groups in total. The number of nitrogens with one attached hydrogen (secondary N) is 2. The van der Waals surface area contributed by atoms with E-state index in [1.165, 1.54) is 0 Å². The molecule has 2 fully saturated rings. The molecule has 2 aromatic rings. The van der Waals surface area contributed by atoms with E-state index in [1.807, 2.05) is 62.9 Å². The number of nitrogens with zero attached hydrogens (tertiary/aromatic N) is 4. The average Bonchev–Trinajstić information content (AvgIpc) is 3.40. The summed E-state index contributed by atoms with van der Waals surface area (Å²) < 4.78 is 0. The third kappa shape index (κ3) is 4.62. The summed E-state index contributed by atoms with van der Waals surface area (Å²) in [6.45, 7) is 9.45. The molecule has 4 rings (SSSR count). The minimum absolute atomic E-state index is 0.00138. The van der Waals surface area contributed by atoms with E-state index in [4.69, 9.17) is 4.98 Å². The Morgan fingerprint density at radius 2 is 2.12 bits per heavy atom. The quantitative estimate of drug-likeness (QED) is 0.686. The van der Waals surface area contributed by atoms with Crippen LogP contribution >= 0.6 is 0 Å². The molecule has 0 aliphatic carbocycles. The van der Waals surface area contributed by atoms with Crippen molar-refractivity contribution in [1.29, 1.82) is 5.26 Å². The molecule has 178 valence electrons. The van der Waals surface area contributed by atoms with E-state index in [-0.39, 0.29) is 23.9 Å². The maximum Gasteiger partial charge on any atom is 0.249 e. The van der Waals surface area contributed by atoms with Crippen molar-refractivity contribution in [3.05, 3.63) is 52.7 Å². The number of amides is 2. The van der Waals surface area contributed by atoms with Crippen molar-refractivity contribution < 1.29 is 9.59 Å². The molecule has 1 unspecified atom stereocenters. The van der Waals surface area contributed by atoms with E-state index < -0.39 is 6.04 Å². The van der Waals surface area contributed by atoms with Crippen LogP contribution in [-0.2, 0) is 9.59 Å².